The lowest BCUT2D eigenvalue weighted by Gasteiger charge is -2.13. The fourth-order valence-electron chi connectivity index (χ4n) is 2.07. The molecule has 23 heavy (non-hydrogen) atoms. The molecule has 0 heterocycles. The fraction of sp³-hybridized carbons (Fsp3) is 0.278. The zero-order valence-corrected chi connectivity index (χ0v) is 14.1. The van der Waals surface area contributed by atoms with Crippen LogP contribution in [-0.2, 0) is 4.79 Å². The molecule has 5 heteroatoms. The lowest BCUT2D eigenvalue weighted by molar-refractivity contribution is -0.123. The molecule has 0 aromatic heterocycles. The Morgan fingerprint density at radius 2 is 1.91 bits per heavy atom. The SMILES string of the molecule is CSc1ccc(C(O)CNC(=O)COc2ccccc2C)cc1. The van der Waals surface area contributed by atoms with Gasteiger partial charge in [0.15, 0.2) is 6.61 Å². The minimum absolute atomic E-state index is 0.0665. The Morgan fingerprint density at radius 1 is 1.22 bits per heavy atom. The number of ether oxygens (including phenoxy) is 1. The lowest BCUT2D eigenvalue weighted by Crippen LogP contribution is -2.32. The first-order valence-corrected chi connectivity index (χ1v) is 8.59. The largest absolute Gasteiger partial charge is 0.484 e. The Morgan fingerprint density at radius 3 is 2.57 bits per heavy atom. The predicted molar refractivity (Wildman–Crippen MR) is 92.9 cm³/mol. The summed E-state index contributed by atoms with van der Waals surface area (Å²) in [6.45, 7) is 2.02. The number of rotatable bonds is 7. The first-order chi connectivity index (χ1) is 11.1. The zero-order valence-electron chi connectivity index (χ0n) is 13.3. The fourth-order valence-corrected chi connectivity index (χ4v) is 2.48. The molecule has 0 saturated carbocycles. The highest BCUT2D eigenvalue weighted by molar-refractivity contribution is 7.98. The summed E-state index contributed by atoms with van der Waals surface area (Å²) >= 11 is 1.65. The van der Waals surface area contributed by atoms with Gasteiger partial charge in [-0.3, -0.25) is 4.79 Å². The van der Waals surface area contributed by atoms with Crippen molar-refractivity contribution in [3.8, 4) is 5.75 Å². The summed E-state index contributed by atoms with van der Waals surface area (Å²) in [5.41, 5.74) is 1.76. The van der Waals surface area contributed by atoms with Gasteiger partial charge >= 0.3 is 0 Å². The average Bonchev–Trinajstić information content (AvgIpc) is 2.59. The molecule has 2 aromatic carbocycles. The Hall–Kier alpha value is -1.98. The second kappa shape index (κ2) is 8.60. The number of amides is 1. The van der Waals surface area contributed by atoms with E-state index in [2.05, 4.69) is 5.32 Å². The number of hydrogen-bond acceptors (Lipinski definition) is 4. The van der Waals surface area contributed by atoms with Crippen molar-refractivity contribution in [2.45, 2.75) is 17.9 Å². The van der Waals surface area contributed by atoms with E-state index in [1.165, 1.54) is 0 Å². The van der Waals surface area contributed by atoms with Crippen molar-refractivity contribution in [2.24, 2.45) is 0 Å². The van der Waals surface area contributed by atoms with Crippen molar-refractivity contribution < 1.29 is 14.6 Å². The molecule has 2 rings (SSSR count). The maximum Gasteiger partial charge on any atom is 0.258 e. The molecule has 0 aliphatic carbocycles. The molecule has 0 saturated heterocycles. The van der Waals surface area contributed by atoms with Crippen LogP contribution in [0.25, 0.3) is 0 Å². The summed E-state index contributed by atoms with van der Waals surface area (Å²) < 4.78 is 5.47. The molecule has 2 N–H and O–H groups in total. The van der Waals surface area contributed by atoms with Crippen LogP contribution in [0.15, 0.2) is 53.4 Å². The monoisotopic (exact) mass is 331 g/mol. The summed E-state index contributed by atoms with van der Waals surface area (Å²) in [6, 6.07) is 15.2. The number of para-hydroxylation sites is 1. The van der Waals surface area contributed by atoms with Crippen molar-refractivity contribution in [3.05, 3.63) is 59.7 Å². The van der Waals surface area contributed by atoms with Crippen molar-refractivity contribution in [1.29, 1.82) is 0 Å². The first-order valence-electron chi connectivity index (χ1n) is 7.37. The number of aryl methyl sites for hydroxylation is 1. The van der Waals surface area contributed by atoms with Crippen LogP contribution in [0, 0.1) is 6.92 Å². The van der Waals surface area contributed by atoms with Crippen LogP contribution in [-0.4, -0.2) is 30.4 Å². The van der Waals surface area contributed by atoms with Crippen LogP contribution in [0.4, 0.5) is 0 Å². The molecule has 1 unspecified atom stereocenters. The maximum absolute atomic E-state index is 11.8. The molecule has 0 bridgehead atoms. The van der Waals surface area contributed by atoms with Gasteiger partial charge in [0, 0.05) is 11.4 Å². The standard InChI is InChI=1S/C18H21NO3S/c1-13-5-3-4-6-17(13)22-12-18(21)19-11-16(20)14-7-9-15(23-2)10-8-14/h3-10,16,20H,11-12H2,1-2H3,(H,19,21). The summed E-state index contributed by atoms with van der Waals surface area (Å²) in [5, 5.41) is 12.8. The zero-order chi connectivity index (χ0) is 16.7. The van der Waals surface area contributed by atoms with Crippen molar-refractivity contribution >= 4 is 17.7 Å². The van der Waals surface area contributed by atoms with E-state index in [0.717, 1.165) is 16.0 Å². The highest BCUT2D eigenvalue weighted by Crippen LogP contribution is 2.19. The van der Waals surface area contributed by atoms with Gasteiger partial charge in [0.25, 0.3) is 5.91 Å². The van der Waals surface area contributed by atoms with Gasteiger partial charge in [-0.15, -0.1) is 11.8 Å². The molecule has 0 aliphatic rings. The van der Waals surface area contributed by atoms with Crippen LogP contribution in [0.3, 0.4) is 0 Å². The molecule has 0 aliphatic heterocycles. The van der Waals surface area contributed by atoms with Gasteiger partial charge in [0.2, 0.25) is 0 Å². The molecular formula is C18H21NO3S. The molecule has 1 amide bonds. The number of aliphatic hydroxyl groups is 1. The highest BCUT2D eigenvalue weighted by atomic mass is 32.2. The van der Waals surface area contributed by atoms with Crippen LogP contribution < -0.4 is 10.1 Å². The topological polar surface area (TPSA) is 58.6 Å². The molecule has 0 fully saturated rings. The molecule has 4 nitrogen and oxygen atoms in total. The molecule has 122 valence electrons. The van der Waals surface area contributed by atoms with Gasteiger partial charge < -0.3 is 15.2 Å². The average molecular weight is 331 g/mol. The quantitative estimate of drug-likeness (QED) is 0.766. The van der Waals surface area contributed by atoms with E-state index in [-0.39, 0.29) is 19.1 Å². The number of carbonyl (C=O) groups excluding carboxylic acids is 1. The van der Waals surface area contributed by atoms with Gasteiger partial charge in [-0.25, -0.2) is 0 Å². The summed E-state index contributed by atoms with van der Waals surface area (Å²) in [5.74, 6) is 0.434. The Bertz CT molecular complexity index is 643. The number of hydrogen-bond donors (Lipinski definition) is 2. The van der Waals surface area contributed by atoms with Gasteiger partial charge in [0.05, 0.1) is 6.10 Å². The van der Waals surface area contributed by atoms with E-state index in [1.807, 2.05) is 61.7 Å². The van der Waals surface area contributed by atoms with E-state index >= 15 is 0 Å². The van der Waals surface area contributed by atoms with Crippen LogP contribution >= 0.6 is 11.8 Å². The van der Waals surface area contributed by atoms with Gasteiger partial charge in [0.1, 0.15) is 5.75 Å². The molecule has 0 radical (unpaired) electrons. The number of aliphatic hydroxyl groups excluding tert-OH is 1. The third kappa shape index (κ3) is 5.30. The number of thioether (sulfide) groups is 1. The second-order valence-corrected chi connectivity index (χ2v) is 6.03. The summed E-state index contributed by atoms with van der Waals surface area (Å²) in [6.07, 6.45) is 1.27. The van der Waals surface area contributed by atoms with Gasteiger partial charge in [-0.2, -0.15) is 0 Å². The summed E-state index contributed by atoms with van der Waals surface area (Å²) in [4.78, 5) is 12.9. The molecule has 1 atom stereocenters. The van der Waals surface area contributed by atoms with Crippen molar-refractivity contribution in [2.75, 3.05) is 19.4 Å². The minimum Gasteiger partial charge on any atom is -0.484 e. The van der Waals surface area contributed by atoms with Crippen molar-refractivity contribution in [1.82, 2.24) is 5.32 Å². The van der Waals surface area contributed by atoms with Gasteiger partial charge in [-0.1, -0.05) is 30.3 Å². The predicted octanol–water partition coefficient (Wildman–Crippen LogP) is 2.95. The smallest absolute Gasteiger partial charge is 0.258 e. The molecule has 2 aromatic rings. The van der Waals surface area contributed by atoms with E-state index in [9.17, 15) is 9.90 Å². The Labute approximate surface area is 140 Å². The first kappa shape index (κ1) is 17.4. The van der Waals surface area contributed by atoms with E-state index in [1.54, 1.807) is 11.8 Å². The number of carbonyl (C=O) groups is 1. The molecule has 0 spiro atoms. The van der Waals surface area contributed by atoms with Crippen LogP contribution in [0.1, 0.15) is 17.2 Å². The Balaban J connectivity index is 1.78. The van der Waals surface area contributed by atoms with E-state index in [4.69, 9.17) is 4.74 Å². The highest BCUT2D eigenvalue weighted by Gasteiger charge is 2.10. The van der Waals surface area contributed by atoms with Crippen LogP contribution in [0.5, 0.6) is 5.75 Å². The molecular weight excluding hydrogens is 310 g/mol. The number of benzene rings is 2. The summed E-state index contributed by atoms with van der Waals surface area (Å²) in [7, 11) is 0. The second-order valence-electron chi connectivity index (χ2n) is 5.15. The van der Waals surface area contributed by atoms with Crippen molar-refractivity contribution in [3.63, 3.8) is 0 Å². The normalized spacial score (nSPS) is 11.8. The minimum atomic E-state index is -0.728. The van der Waals surface area contributed by atoms with E-state index in [0.29, 0.717) is 5.75 Å². The van der Waals surface area contributed by atoms with Gasteiger partial charge in [-0.05, 0) is 42.5 Å². The lowest BCUT2D eigenvalue weighted by atomic mass is 10.1. The van der Waals surface area contributed by atoms with Crippen LogP contribution in [0.2, 0.25) is 0 Å². The third-order valence-corrected chi connectivity index (χ3v) is 4.19. The Kier molecular flexibility index (Phi) is 6.50. The third-order valence-electron chi connectivity index (χ3n) is 3.45. The number of nitrogens with one attached hydrogen (secondary N) is 1. The van der Waals surface area contributed by atoms with E-state index < -0.39 is 6.10 Å². The maximum atomic E-state index is 11.8.